The third kappa shape index (κ3) is 3.98. The zero-order valence-electron chi connectivity index (χ0n) is 9.67. The molecular formula is C12H17ClN2OS. The maximum absolute atomic E-state index is 11.8. The number of carbonyl (C=O) groups excluding carboxylic acids is 1. The van der Waals surface area contributed by atoms with E-state index >= 15 is 0 Å². The highest BCUT2D eigenvalue weighted by molar-refractivity contribution is 7.16. The lowest BCUT2D eigenvalue weighted by molar-refractivity contribution is -0.125. The first-order valence-corrected chi connectivity index (χ1v) is 7.18. The Kier molecular flexibility index (Phi) is 4.83. The van der Waals surface area contributed by atoms with Crippen molar-refractivity contribution in [1.82, 2.24) is 10.6 Å². The molecule has 3 nitrogen and oxygen atoms in total. The highest BCUT2D eigenvalue weighted by atomic mass is 35.5. The fourth-order valence-corrected chi connectivity index (χ4v) is 3.10. The normalized spacial score (nSPS) is 20.2. The predicted molar refractivity (Wildman–Crippen MR) is 71.6 cm³/mol. The number of hydrogen-bond acceptors (Lipinski definition) is 3. The standard InChI is InChI=1S/C12H17ClN2OS/c13-11-4-3-10(17-11)5-7-15-12(16)9-2-1-6-14-8-9/h3-4,9,14H,1-2,5-8H2,(H,15,16)/t9-/m1/s1. The number of amides is 1. The van der Waals surface area contributed by atoms with E-state index in [4.69, 9.17) is 11.6 Å². The van der Waals surface area contributed by atoms with Crippen molar-refractivity contribution >= 4 is 28.8 Å². The fraction of sp³-hybridized carbons (Fsp3) is 0.583. The van der Waals surface area contributed by atoms with Gasteiger partial charge in [-0.2, -0.15) is 0 Å². The number of carbonyl (C=O) groups is 1. The van der Waals surface area contributed by atoms with Crippen molar-refractivity contribution in [3.63, 3.8) is 0 Å². The molecule has 1 aromatic heterocycles. The molecule has 1 aliphatic rings. The van der Waals surface area contributed by atoms with Crippen LogP contribution in [0.3, 0.4) is 0 Å². The summed E-state index contributed by atoms with van der Waals surface area (Å²) in [5, 5.41) is 6.25. The smallest absolute Gasteiger partial charge is 0.224 e. The van der Waals surface area contributed by atoms with Gasteiger partial charge in [0.05, 0.1) is 10.3 Å². The maximum atomic E-state index is 11.8. The van der Waals surface area contributed by atoms with E-state index in [1.54, 1.807) is 11.3 Å². The van der Waals surface area contributed by atoms with Crippen molar-refractivity contribution in [3.8, 4) is 0 Å². The largest absolute Gasteiger partial charge is 0.355 e. The van der Waals surface area contributed by atoms with Gasteiger partial charge in [-0.3, -0.25) is 4.79 Å². The molecule has 0 bridgehead atoms. The van der Waals surface area contributed by atoms with Gasteiger partial charge in [0.2, 0.25) is 5.91 Å². The molecule has 0 unspecified atom stereocenters. The second kappa shape index (κ2) is 6.38. The van der Waals surface area contributed by atoms with Crippen molar-refractivity contribution in [2.24, 2.45) is 5.92 Å². The van der Waals surface area contributed by atoms with E-state index in [1.165, 1.54) is 4.88 Å². The van der Waals surface area contributed by atoms with Crippen LogP contribution in [0.2, 0.25) is 4.34 Å². The molecule has 1 aliphatic heterocycles. The van der Waals surface area contributed by atoms with E-state index < -0.39 is 0 Å². The fourth-order valence-electron chi connectivity index (χ4n) is 2.01. The molecule has 17 heavy (non-hydrogen) atoms. The monoisotopic (exact) mass is 272 g/mol. The third-order valence-corrected chi connectivity index (χ3v) is 4.26. The number of piperidine rings is 1. The summed E-state index contributed by atoms with van der Waals surface area (Å²) in [6, 6.07) is 3.91. The van der Waals surface area contributed by atoms with E-state index in [0.717, 1.165) is 36.7 Å². The Balaban J connectivity index is 1.69. The second-order valence-electron chi connectivity index (χ2n) is 4.29. The molecule has 1 fully saturated rings. The van der Waals surface area contributed by atoms with Crippen molar-refractivity contribution in [2.75, 3.05) is 19.6 Å². The molecule has 1 amide bonds. The zero-order chi connectivity index (χ0) is 12.1. The predicted octanol–water partition coefficient (Wildman–Crippen LogP) is 2.06. The molecule has 0 saturated carbocycles. The van der Waals surface area contributed by atoms with Crippen LogP contribution in [0.4, 0.5) is 0 Å². The van der Waals surface area contributed by atoms with Gasteiger partial charge in [0.15, 0.2) is 0 Å². The van der Waals surface area contributed by atoms with Gasteiger partial charge in [-0.15, -0.1) is 11.3 Å². The van der Waals surface area contributed by atoms with Crippen LogP contribution in [-0.2, 0) is 11.2 Å². The van der Waals surface area contributed by atoms with Gasteiger partial charge in [-0.25, -0.2) is 0 Å². The lowest BCUT2D eigenvalue weighted by Gasteiger charge is -2.21. The van der Waals surface area contributed by atoms with Gasteiger partial charge in [-0.1, -0.05) is 11.6 Å². The molecule has 94 valence electrons. The second-order valence-corrected chi connectivity index (χ2v) is 6.09. The number of hydrogen-bond donors (Lipinski definition) is 2. The van der Waals surface area contributed by atoms with Crippen molar-refractivity contribution in [3.05, 3.63) is 21.3 Å². The molecule has 5 heteroatoms. The van der Waals surface area contributed by atoms with Crippen LogP contribution in [-0.4, -0.2) is 25.5 Å². The first kappa shape index (κ1) is 12.9. The summed E-state index contributed by atoms with van der Waals surface area (Å²) in [5.74, 6) is 0.329. The number of thiophene rings is 1. The van der Waals surface area contributed by atoms with E-state index in [2.05, 4.69) is 10.6 Å². The molecule has 1 aromatic rings. The molecule has 0 radical (unpaired) electrons. The SMILES string of the molecule is O=C(NCCc1ccc(Cl)s1)[C@@H]1CCCNC1. The number of nitrogens with one attached hydrogen (secondary N) is 2. The van der Waals surface area contributed by atoms with E-state index in [9.17, 15) is 4.79 Å². The molecule has 0 spiro atoms. The summed E-state index contributed by atoms with van der Waals surface area (Å²) >= 11 is 7.42. The lowest BCUT2D eigenvalue weighted by atomic mass is 9.99. The molecule has 2 N–H and O–H groups in total. The Hall–Kier alpha value is -0.580. The Morgan fingerprint density at radius 2 is 2.47 bits per heavy atom. The molecule has 1 atom stereocenters. The minimum Gasteiger partial charge on any atom is -0.355 e. The van der Waals surface area contributed by atoms with E-state index in [1.807, 2.05) is 12.1 Å². The molecule has 2 rings (SSSR count). The van der Waals surface area contributed by atoms with Crippen LogP contribution < -0.4 is 10.6 Å². The Morgan fingerprint density at radius 1 is 1.59 bits per heavy atom. The molecular weight excluding hydrogens is 256 g/mol. The van der Waals surface area contributed by atoms with Crippen molar-refractivity contribution in [1.29, 1.82) is 0 Å². The summed E-state index contributed by atoms with van der Waals surface area (Å²) in [7, 11) is 0. The third-order valence-electron chi connectivity index (χ3n) is 2.97. The summed E-state index contributed by atoms with van der Waals surface area (Å²) in [5.41, 5.74) is 0. The number of rotatable bonds is 4. The highest BCUT2D eigenvalue weighted by Gasteiger charge is 2.20. The van der Waals surface area contributed by atoms with Crippen LogP contribution in [0.25, 0.3) is 0 Å². The average Bonchev–Trinajstić information content (AvgIpc) is 2.76. The van der Waals surface area contributed by atoms with Crippen LogP contribution in [0.5, 0.6) is 0 Å². The average molecular weight is 273 g/mol. The van der Waals surface area contributed by atoms with Gasteiger partial charge in [0.25, 0.3) is 0 Å². The topological polar surface area (TPSA) is 41.1 Å². The van der Waals surface area contributed by atoms with E-state index in [0.29, 0.717) is 6.54 Å². The molecule has 0 aliphatic carbocycles. The van der Waals surface area contributed by atoms with Crippen LogP contribution in [0, 0.1) is 5.92 Å². The summed E-state index contributed by atoms with van der Waals surface area (Å²) in [6.07, 6.45) is 2.96. The quantitative estimate of drug-likeness (QED) is 0.881. The zero-order valence-corrected chi connectivity index (χ0v) is 11.2. The minimum atomic E-state index is 0.149. The van der Waals surface area contributed by atoms with Crippen molar-refractivity contribution < 1.29 is 4.79 Å². The van der Waals surface area contributed by atoms with Gasteiger partial charge >= 0.3 is 0 Å². The van der Waals surface area contributed by atoms with Gasteiger partial charge in [0.1, 0.15) is 0 Å². The van der Waals surface area contributed by atoms with E-state index in [-0.39, 0.29) is 11.8 Å². The van der Waals surface area contributed by atoms with Crippen LogP contribution in [0.15, 0.2) is 12.1 Å². The molecule has 1 saturated heterocycles. The first-order chi connectivity index (χ1) is 8.25. The molecule has 0 aromatic carbocycles. The summed E-state index contributed by atoms with van der Waals surface area (Å²) < 4.78 is 0.808. The summed E-state index contributed by atoms with van der Waals surface area (Å²) in [4.78, 5) is 13.0. The Morgan fingerprint density at radius 3 is 3.12 bits per heavy atom. The van der Waals surface area contributed by atoms with Crippen LogP contribution >= 0.6 is 22.9 Å². The lowest BCUT2D eigenvalue weighted by Crippen LogP contribution is -2.41. The van der Waals surface area contributed by atoms with Gasteiger partial charge in [0, 0.05) is 18.0 Å². The minimum absolute atomic E-state index is 0.149. The Bertz CT molecular complexity index is 374. The first-order valence-electron chi connectivity index (χ1n) is 5.98. The Labute approximate surface area is 111 Å². The van der Waals surface area contributed by atoms with Crippen molar-refractivity contribution in [2.45, 2.75) is 19.3 Å². The van der Waals surface area contributed by atoms with Crippen LogP contribution in [0.1, 0.15) is 17.7 Å². The van der Waals surface area contributed by atoms with Gasteiger partial charge < -0.3 is 10.6 Å². The molecule has 2 heterocycles. The maximum Gasteiger partial charge on any atom is 0.224 e. The summed E-state index contributed by atoms with van der Waals surface area (Å²) in [6.45, 7) is 2.56. The highest BCUT2D eigenvalue weighted by Crippen LogP contribution is 2.21. The van der Waals surface area contributed by atoms with Gasteiger partial charge in [-0.05, 0) is 37.9 Å². The number of halogens is 1.